The van der Waals surface area contributed by atoms with Gasteiger partial charge in [0.2, 0.25) is 5.91 Å². The predicted octanol–water partition coefficient (Wildman–Crippen LogP) is 1.88. The van der Waals surface area contributed by atoms with Crippen molar-refractivity contribution in [3.8, 4) is 0 Å². The number of hydrogen-bond acceptors (Lipinski definition) is 2. The molecule has 3 nitrogen and oxygen atoms in total. The Morgan fingerprint density at radius 1 is 1.38 bits per heavy atom. The average Bonchev–Trinajstić information content (AvgIpc) is 2.07. The van der Waals surface area contributed by atoms with E-state index in [1.165, 1.54) is 6.42 Å². The second kappa shape index (κ2) is 4.74. The van der Waals surface area contributed by atoms with E-state index in [2.05, 4.69) is 26.1 Å². The highest BCUT2D eigenvalue weighted by atomic mass is 16.2. The number of carbonyl (C=O) groups excluding carboxylic acids is 1. The first-order valence-electron chi connectivity index (χ1n) is 6.21. The molecule has 1 aliphatic rings. The molecule has 0 bridgehead atoms. The minimum absolute atomic E-state index is 0.102. The van der Waals surface area contributed by atoms with Gasteiger partial charge in [-0.25, -0.2) is 0 Å². The summed E-state index contributed by atoms with van der Waals surface area (Å²) in [6, 6.07) is 0. The molecule has 0 unspecified atom stereocenters. The third kappa shape index (κ3) is 2.97. The number of nitrogens with one attached hydrogen (secondary N) is 1. The Morgan fingerprint density at radius 2 is 1.94 bits per heavy atom. The number of amides is 1. The van der Waals surface area contributed by atoms with Gasteiger partial charge in [-0.3, -0.25) is 4.79 Å². The first-order chi connectivity index (χ1) is 7.31. The molecule has 0 saturated heterocycles. The molecule has 1 amide bonds. The third-order valence-electron chi connectivity index (χ3n) is 3.34. The van der Waals surface area contributed by atoms with Gasteiger partial charge in [-0.1, -0.05) is 27.2 Å². The second-order valence-corrected chi connectivity index (χ2v) is 6.39. The maximum Gasteiger partial charge on any atom is 0.229 e. The quantitative estimate of drug-likeness (QED) is 0.794. The normalized spacial score (nSPS) is 19.1. The SMILES string of the molecule is CNCC1(C(=O)N(C)CC(C)(C)C)CCC1. The molecule has 0 aromatic heterocycles. The Kier molecular flexibility index (Phi) is 4.00. The van der Waals surface area contributed by atoms with Crippen molar-refractivity contribution in [3.63, 3.8) is 0 Å². The lowest BCUT2D eigenvalue weighted by Gasteiger charge is -2.43. The van der Waals surface area contributed by atoms with Gasteiger partial charge in [-0.05, 0) is 25.3 Å². The topological polar surface area (TPSA) is 32.3 Å². The summed E-state index contributed by atoms with van der Waals surface area (Å²) < 4.78 is 0. The summed E-state index contributed by atoms with van der Waals surface area (Å²) in [6.07, 6.45) is 3.28. The summed E-state index contributed by atoms with van der Waals surface area (Å²) in [5, 5.41) is 3.16. The largest absolute Gasteiger partial charge is 0.345 e. The molecule has 0 atom stereocenters. The van der Waals surface area contributed by atoms with Gasteiger partial charge in [0.1, 0.15) is 0 Å². The molecule has 16 heavy (non-hydrogen) atoms. The highest BCUT2D eigenvalue weighted by Gasteiger charge is 2.45. The van der Waals surface area contributed by atoms with Crippen LogP contribution in [0.5, 0.6) is 0 Å². The van der Waals surface area contributed by atoms with Crippen molar-refractivity contribution in [3.05, 3.63) is 0 Å². The molecule has 1 aliphatic carbocycles. The zero-order valence-electron chi connectivity index (χ0n) is 11.4. The van der Waals surface area contributed by atoms with Crippen LogP contribution in [0.15, 0.2) is 0 Å². The van der Waals surface area contributed by atoms with E-state index in [1.807, 2.05) is 19.0 Å². The van der Waals surface area contributed by atoms with Gasteiger partial charge < -0.3 is 10.2 Å². The van der Waals surface area contributed by atoms with Gasteiger partial charge in [0.05, 0.1) is 5.41 Å². The Morgan fingerprint density at radius 3 is 2.25 bits per heavy atom. The van der Waals surface area contributed by atoms with Gasteiger partial charge in [0, 0.05) is 20.1 Å². The minimum Gasteiger partial charge on any atom is -0.345 e. The molecule has 1 N–H and O–H groups in total. The van der Waals surface area contributed by atoms with Gasteiger partial charge >= 0.3 is 0 Å². The molecule has 94 valence electrons. The molecule has 0 radical (unpaired) electrons. The molecular weight excluding hydrogens is 200 g/mol. The molecule has 3 heteroatoms. The van der Waals surface area contributed by atoms with E-state index in [0.29, 0.717) is 5.91 Å². The molecule has 0 aromatic carbocycles. The zero-order chi connectivity index (χ0) is 12.4. The van der Waals surface area contributed by atoms with E-state index in [9.17, 15) is 4.79 Å². The first-order valence-corrected chi connectivity index (χ1v) is 6.21. The molecule has 0 spiro atoms. The molecule has 1 rings (SSSR count). The number of hydrogen-bond donors (Lipinski definition) is 1. The maximum absolute atomic E-state index is 12.4. The van der Waals surface area contributed by atoms with Gasteiger partial charge in [0.15, 0.2) is 0 Å². The molecule has 0 aliphatic heterocycles. The average molecular weight is 226 g/mol. The summed E-state index contributed by atoms with van der Waals surface area (Å²) in [7, 11) is 3.86. The van der Waals surface area contributed by atoms with E-state index in [0.717, 1.165) is 25.9 Å². The van der Waals surface area contributed by atoms with Crippen LogP contribution in [0.1, 0.15) is 40.0 Å². The van der Waals surface area contributed by atoms with E-state index in [-0.39, 0.29) is 10.8 Å². The lowest BCUT2D eigenvalue weighted by atomic mass is 9.67. The highest BCUT2D eigenvalue weighted by molar-refractivity contribution is 5.83. The van der Waals surface area contributed by atoms with Gasteiger partial charge in [-0.15, -0.1) is 0 Å². The fraction of sp³-hybridized carbons (Fsp3) is 0.923. The predicted molar refractivity (Wildman–Crippen MR) is 67.3 cm³/mol. The van der Waals surface area contributed by atoms with Gasteiger partial charge in [0.25, 0.3) is 0 Å². The highest BCUT2D eigenvalue weighted by Crippen LogP contribution is 2.42. The zero-order valence-corrected chi connectivity index (χ0v) is 11.4. The summed E-state index contributed by atoms with van der Waals surface area (Å²) in [6.45, 7) is 8.16. The van der Waals surface area contributed by atoms with Crippen molar-refractivity contribution in [1.82, 2.24) is 10.2 Å². The second-order valence-electron chi connectivity index (χ2n) is 6.39. The van der Waals surface area contributed by atoms with Crippen LogP contribution in [0.3, 0.4) is 0 Å². The Labute approximate surface area is 99.6 Å². The Hall–Kier alpha value is -0.570. The molecule has 1 saturated carbocycles. The van der Waals surface area contributed by atoms with Crippen molar-refractivity contribution in [1.29, 1.82) is 0 Å². The molecular formula is C13H26N2O. The summed E-state index contributed by atoms with van der Waals surface area (Å²) in [5.74, 6) is 0.322. The van der Waals surface area contributed by atoms with Crippen LogP contribution in [0.4, 0.5) is 0 Å². The van der Waals surface area contributed by atoms with Crippen LogP contribution in [-0.2, 0) is 4.79 Å². The minimum atomic E-state index is -0.102. The summed E-state index contributed by atoms with van der Waals surface area (Å²) in [5.41, 5.74) is 0.0732. The lowest BCUT2D eigenvalue weighted by Crippen LogP contribution is -2.52. The molecule has 0 aromatic rings. The summed E-state index contributed by atoms with van der Waals surface area (Å²) in [4.78, 5) is 14.3. The van der Waals surface area contributed by atoms with Crippen LogP contribution in [-0.4, -0.2) is 38.0 Å². The fourth-order valence-electron chi connectivity index (χ4n) is 2.60. The fourth-order valence-corrected chi connectivity index (χ4v) is 2.60. The Balaban J connectivity index is 2.61. The van der Waals surface area contributed by atoms with Crippen molar-refractivity contribution in [2.75, 3.05) is 27.2 Å². The van der Waals surface area contributed by atoms with Crippen LogP contribution in [0.2, 0.25) is 0 Å². The third-order valence-corrected chi connectivity index (χ3v) is 3.34. The van der Waals surface area contributed by atoms with Crippen molar-refractivity contribution in [2.45, 2.75) is 40.0 Å². The number of carbonyl (C=O) groups is 1. The first kappa shape index (κ1) is 13.5. The van der Waals surface area contributed by atoms with Crippen LogP contribution < -0.4 is 5.32 Å². The number of nitrogens with zero attached hydrogens (tertiary/aromatic N) is 1. The Bertz CT molecular complexity index is 251. The van der Waals surface area contributed by atoms with Crippen LogP contribution in [0, 0.1) is 10.8 Å². The van der Waals surface area contributed by atoms with Crippen molar-refractivity contribution >= 4 is 5.91 Å². The lowest BCUT2D eigenvalue weighted by molar-refractivity contribution is -0.146. The van der Waals surface area contributed by atoms with Gasteiger partial charge in [-0.2, -0.15) is 0 Å². The van der Waals surface area contributed by atoms with E-state index in [1.54, 1.807) is 0 Å². The van der Waals surface area contributed by atoms with Crippen molar-refractivity contribution in [2.24, 2.45) is 10.8 Å². The standard InChI is InChI=1S/C13H26N2O/c1-12(2,3)10-15(5)11(16)13(9-14-4)7-6-8-13/h14H,6-10H2,1-5H3. The number of rotatable bonds is 4. The van der Waals surface area contributed by atoms with Crippen molar-refractivity contribution < 1.29 is 4.79 Å². The van der Waals surface area contributed by atoms with Crippen LogP contribution in [0.25, 0.3) is 0 Å². The van der Waals surface area contributed by atoms with E-state index >= 15 is 0 Å². The maximum atomic E-state index is 12.4. The summed E-state index contributed by atoms with van der Waals surface area (Å²) >= 11 is 0. The van der Waals surface area contributed by atoms with E-state index < -0.39 is 0 Å². The monoisotopic (exact) mass is 226 g/mol. The van der Waals surface area contributed by atoms with E-state index in [4.69, 9.17) is 0 Å². The molecule has 1 fully saturated rings. The smallest absolute Gasteiger partial charge is 0.229 e. The van der Waals surface area contributed by atoms with Crippen LogP contribution >= 0.6 is 0 Å². The molecule has 0 heterocycles.